The van der Waals surface area contributed by atoms with Crippen LogP contribution in [0.25, 0.3) is 11.1 Å². The van der Waals surface area contributed by atoms with Crippen LogP contribution >= 0.6 is 0 Å². The van der Waals surface area contributed by atoms with Crippen molar-refractivity contribution in [3.8, 4) is 11.1 Å². The maximum Gasteiger partial charge on any atom is 0.227 e. The molecule has 2 fully saturated rings. The van der Waals surface area contributed by atoms with Crippen molar-refractivity contribution in [2.45, 2.75) is 57.7 Å². The lowest BCUT2D eigenvalue weighted by molar-refractivity contribution is -0.117. The molecule has 0 radical (unpaired) electrons. The van der Waals surface area contributed by atoms with Crippen molar-refractivity contribution in [3.05, 3.63) is 83.9 Å². The molecule has 0 saturated carbocycles. The fourth-order valence-corrected chi connectivity index (χ4v) is 5.72. The molecule has 2 aromatic carbocycles. The van der Waals surface area contributed by atoms with Gasteiger partial charge in [0.15, 0.2) is 0 Å². The van der Waals surface area contributed by atoms with Crippen molar-refractivity contribution >= 4 is 11.6 Å². The fraction of sp³-hybridized carbons (Fsp3) is 0.357. The van der Waals surface area contributed by atoms with Gasteiger partial charge < -0.3 is 4.90 Å². The van der Waals surface area contributed by atoms with E-state index in [1.54, 1.807) is 6.07 Å². The summed E-state index contributed by atoms with van der Waals surface area (Å²) in [6.07, 6.45) is 6.94. The number of carbonyl (C=O) groups excluding carboxylic acids is 1. The van der Waals surface area contributed by atoms with Gasteiger partial charge in [0.05, 0.1) is 5.54 Å². The van der Waals surface area contributed by atoms with E-state index in [1.807, 2.05) is 29.4 Å². The second kappa shape index (κ2) is 8.71. The fourth-order valence-electron chi connectivity index (χ4n) is 5.72. The highest BCUT2D eigenvalue weighted by Crippen LogP contribution is 2.44. The van der Waals surface area contributed by atoms with Gasteiger partial charge in [-0.2, -0.15) is 0 Å². The van der Waals surface area contributed by atoms with Gasteiger partial charge in [0.2, 0.25) is 5.91 Å². The number of nitrogens with zero attached hydrogens (tertiary/aromatic N) is 3. The Morgan fingerprint density at radius 3 is 2.76 bits per heavy atom. The summed E-state index contributed by atoms with van der Waals surface area (Å²) >= 11 is 0. The monoisotopic (exact) mass is 443 g/mol. The Kier molecular flexibility index (Phi) is 5.75. The SMILES string of the molecule is Cc1ccncc1-c1cccc(CN2CCC3(CCC(=O)N3c3cccc(F)c3)CC2C)c1. The molecular weight excluding hydrogens is 413 g/mol. The van der Waals surface area contributed by atoms with Crippen molar-refractivity contribution < 1.29 is 9.18 Å². The first kappa shape index (κ1) is 21.8. The van der Waals surface area contributed by atoms with E-state index in [-0.39, 0.29) is 17.3 Å². The Morgan fingerprint density at radius 2 is 1.97 bits per heavy atom. The highest BCUT2D eigenvalue weighted by Gasteiger charge is 2.49. The standard InChI is InChI=1S/C28H30FN3O/c1-20-10-13-30-18-26(20)23-6-3-5-22(15-23)19-31-14-12-28(17-21(31)2)11-9-27(33)32(28)25-8-4-7-24(29)16-25/h3-8,10,13,15-16,18,21H,9,11-12,14,17,19H2,1-2H3. The van der Waals surface area contributed by atoms with Crippen molar-refractivity contribution in [1.82, 2.24) is 9.88 Å². The van der Waals surface area contributed by atoms with Crippen LogP contribution in [0.1, 0.15) is 43.7 Å². The van der Waals surface area contributed by atoms with E-state index >= 15 is 0 Å². The Morgan fingerprint density at radius 1 is 1.12 bits per heavy atom. The molecular formula is C28H30FN3O. The van der Waals surface area contributed by atoms with Gasteiger partial charge in [-0.05, 0) is 80.1 Å². The van der Waals surface area contributed by atoms with Crippen molar-refractivity contribution in [3.63, 3.8) is 0 Å². The quantitative estimate of drug-likeness (QED) is 0.515. The van der Waals surface area contributed by atoms with Gasteiger partial charge in [-0.3, -0.25) is 14.7 Å². The number of piperidine rings is 1. The lowest BCUT2D eigenvalue weighted by Gasteiger charge is -2.48. The summed E-state index contributed by atoms with van der Waals surface area (Å²) in [4.78, 5) is 21.5. The molecule has 170 valence electrons. The van der Waals surface area contributed by atoms with E-state index in [4.69, 9.17) is 0 Å². The van der Waals surface area contributed by atoms with Gasteiger partial charge in [0.25, 0.3) is 0 Å². The smallest absolute Gasteiger partial charge is 0.227 e. The Hall–Kier alpha value is -3.05. The molecule has 5 heteroatoms. The highest BCUT2D eigenvalue weighted by molar-refractivity contribution is 5.97. The zero-order valence-corrected chi connectivity index (χ0v) is 19.3. The molecule has 1 aromatic heterocycles. The molecule has 3 heterocycles. The number of rotatable bonds is 4. The van der Waals surface area contributed by atoms with E-state index in [0.29, 0.717) is 18.2 Å². The number of hydrogen-bond donors (Lipinski definition) is 0. The minimum atomic E-state index is -0.295. The maximum atomic E-state index is 13.9. The van der Waals surface area contributed by atoms with E-state index in [1.165, 1.54) is 34.4 Å². The minimum absolute atomic E-state index is 0.112. The zero-order valence-electron chi connectivity index (χ0n) is 19.3. The molecule has 0 N–H and O–H groups in total. The van der Waals surface area contributed by atoms with E-state index < -0.39 is 0 Å². The van der Waals surface area contributed by atoms with Crippen LogP contribution in [0.4, 0.5) is 10.1 Å². The Balaban J connectivity index is 1.34. The average Bonchev–Trinajstić information content (AvgIpc) is 3.11. The van der Waals surface area contributed by atoms with E-state index in [9.17, 15) is 9.18 Å². The van der Waals surface area contributed by atoms with Crippen LogP contribution in [0, 0.1) is 12.7 Å². The van der Waals surface area contributed by atoms with Crippen LogP contribution in [0.5, 0.6) is 0 Å². The van der Waals surface area contributed by atoms with Crippen LogP contribution in [0.3, 0.4) is 0 Å². The summed E-state index contributed by atoms with van der Waals surface area (Å²) in [5.74, 6) is -0.183. The number of aryl methyl sites for hydroxylation is 1. The minimum Gasteiger partial charge on any atom is -0.306 e. The van der Waals surface area contributed by atoms with Crippen LogP contribution in [0.2, 0.25) is 0 Å². The molecule has 2 aliphatic rings. The second-order valence-electron chi connectivity index (χ2n) is 9.60. The third kappa shape index (κ3) is 4.18. The Labute approximate surface area is 195 Å². The van der Waals surface area contributed by atoms with Crippen LogP contribution < -0.4 is 4.90 Å². The molecule has 2 unspecified atom stereocenters. The molecule has 0 bridgehead atoms. The molecule has 3 aromatic rings. The zero-order chi connectivity index (χ0) is 23.0. The van der Waals surface area contributed by atoms with Crippen molar-refractivity contribution in [1.29, 1.82) is 0 Å². The number of carbonyl (C=O) groups is 1. The lowest BCUT2D eigenvalue weighted by atomic mass is 9.81. The molecule has 0 aliphatic carbocycles. The van der Waals surface area contributed by atoms with Gasteiger partial charge >= 0.3 is 0 Å². The number of benzene rings is 2. The molecule has 2 atom stereocenters. The van der Waals surface area contributed by atoms with Crippen LogP contribution in [-0.4, -0.2) is 33.9 Å². The third-order valence-electron chi connectivity index (χ3n) is 7.42. The van der Waals surface area contributed by atoms with Gasteiger partial charge in [-0.15, -0.1) is 0 Å². The summed E-state index contributed by atoms with van der Waals surface area (Å²) in [5.41, 5.74) is 5.34. The summed E-state index contributed by atoms with van der Waals surface area (Å²) < 4.78 is 13.9. The number of hydrogen-bond acceptors (Lipinski definition) is 3. The molecule has 5 rings (SSSR count). The topological polar surface area (TPSA) is 36.4 Å². The maximum absolute atomic E-state index is 13.9. The largest absolute Gasteiger partial charge is 0.306 e. The highest BCUT2D eigenvalue weighted by atomic mass is 19.1. The van der Waals surface area contributed by atoms with Crippen LogP contribution in [-0.2, 0) is 11.3 Å². The van der Waals surface area contributed by atoms with Gasteiger partial charge in [0, 0.05) is 49.2 Å². The molecule has 1 amide bonds. The summed E-state index contributed by atoms with van der Waals surface area (Å²) in [5, 5.41) is 0. The van der Waals surface area contributed by atoms with Crippen LogP contribution in [0.15, 0.2) is 67.0 Å². The predicted octanol–water partition coefficient (Wildman–Crippen LogP) is 5.75. The number of likely N-dealkylation sites (tertiary alicyclic amines) is 1. The van der Waals surface area contributed by atoms with Gasteiger partial charge in [0.1, 0.15) is 5.82 Å². The average molecular weight is 444 g/mol. The third-order valence-corrected chi connectivity index (χ3v) is 7.42. The summed E-state index contributed by atoms with van der Waals surface area (Å²) in [7, 11) is 0. The number of amides is 1. The summed E-state index contributed by atoms with van der Waals surface area (Å²) in [6.45, 7) is 6.15. The van der Waals surface area contributed by atoms with E-state index in [0.717, 1.165) is 32.4 Å². The Bertz CT molecular complexity index is 1180. The number of aromatic nitrogens is 1. The number of halogens is 1. The first-order valence-electron chi connectivity index (χ1n) is 11.8. The number of anilines is 1. The van der Waals surface area contributed by atoms with E-state index in [2.05, 4.69) is 48.0 Å². The first-order valence-corrected chi connectivity index (χ1v) is 11.8. The second-order valence-corrected chi connectivity index (χ2v) is 9.60. The summed E-state index contributed by atoms with van der Waals surface area (Å²) in [6, 6.07) is 17.6. The lowest BCUT2D eigenvalue weighted by Crippen LogP contribution is -2.56. The van der Waals surface area contributed by atoms with Gasteiger partial charge in [-0.1, -0.05) is 24.3 Å². The number of pyridine rings is 1. The van der Waals surface area contributed by atoms with Crippen molar-refractivity contribution in [2.24, 2.45) is 0 Å². The van der Waals surface area contributed by atoms with Gasteiger partial charge in [-0.25, -0.2) is 4.39 Å². The molecule has 4 nitrogen and oxygen atoms in total. The normalized spacial score (nSPS) is 23.4. The molecule has 33 heavy (non-hydrogen) atoms. The first-order chi connectivity index (χ1) is 15.9. The predicted molar refractivity (Wildman–Crippen MR) is 129 cm³/mol. The van der Waals surface area contributed by atoms with Crippen molar-refractivity contribution in [2.75, 3.05) is 11.4 Å². The molecule has 2 aliphatic heterocycles. The molecule has 1 spiro atoms. The molecule has 2 saturated heterocycles.